The molecule has 0 fully saturated rings. The molecule has 0 bridgehead atoms. The van der Waals surface area contributed by atoms with E-state index in [1.807, 2.05) is 25.1 Å². The number of carbonyl (C=O) groups is 1. The highest BCUT2D eigenvalue weighted by Crippen LogP contribution is 2.26. The predicted molar refractivity (Wildman–Crippen MR) is 82.5 cm³/mol. The largest absolute Gasteiger partial charge is 0.360 e. The zero-order chi connectivity index (χ0) is 15.0. The fraction of sp³-hybridized carbons (Fsp3) is 0.118. The Morgan fingerprint density at radius 2 is 2.00 bits per heavy atom. The van der Waals surface area contributed by atoms with Gasteiger partial charge in [0, 0.05) is 39.7 Å². The standard InChI is InChI=1S/C17H13ClFNO/c1-10-4-2-7-15-17(10)12(9-20-15)16(21)8-11-13(18)5-3-6-14(11)19/h2-7,9,20H,8H2,1H3. The number of halogens is 2. The molecule has 0 radical (unpaired) electrons. The number of hydrogen-bond acceptors (Lipinski definition) is 1. The molecule has 1 heterocycles. The van der Waals surface area contributed by atoms with E-state index in [1.54, 1.807) is 12.3 Å². The van der Waals surface area contributed by atoms with E-state index in [0.29, 0.717) is 5.56 Å². The van der Waals surface area contributed by atoms with Gasteiger partial charge in [0.05, 0.1) is 0 Å². The first-order valence-electron chi connectivity index (χ1n) is 6.60. The summed E-state index contributed by atoms with van der Waals surface area (Å²) in [5, 5.41) is 1.16. The van der Waals surface area contributed by atoms with E-state index in [9.17, 15) is 9.18 Å². The van der Waals surface area contributed by atoms with Gasteiger partial charge in [-0.05, 0) is 30.7 Å². The molecule has 3 aromatic rings. The maximum Gasteiger partial charge on any atom is 0.169 e. The lowest BCUT2D eigenvalue weighted by atomic mass is 10.00. The van der Waals surface area contributed by atoms with Crippen molar-refractivity contribution in [1.29, 1.82) is 0 Å². The van der Waals surface area contributed by atoms with Crippen molar-refractivity contribution in [2.75, 3.05) is 0 Å². The Kier molecular flexibility index (Phi) is 3.52. The van der Waals surface area contributed by atoms with Gasteiger partial charge in [-0.25, -0.2) is 4.39 Å². The van der Waals surface area contributed by atoms with Crippen LogP contribution in [-0.4, -0.2) is 10.8 Å². The van der Waals surface area contributed by atoms with Crippen LogP contribution in [0.3, 0.4) is 0 Å². The molecular weight excluding hydrogens is 289 g/mol. The number of ketones is 1. The third-order valence-corrected chi connectivity index (χ3v) is 3.97. The van der Waals surface area contributed by atoms with Crippen LogP contribution in [-0.2, 0) is 6.42 Å². The monoisotopic (exact) mass is 301 g/mol. The van der Waals surface area contributed by atoms with Crippen LogP contribution in [0.1, 0.15) is 21.5 Å². The van der Waals surface area contributed by atoms with Crippen molar-refractivity contribution < 1.29 is 9.18 Å². The Hall–Kier alpha value is -2.13. The van der Waals surface area contributed by atoms with E-state index in [4.69, 9.17) is 11.6 Å². The van der Waals surface area contributed by atoms with Crippen LogP contribution in [0.2, 0.25) is 5.02 Å². The number of aromatic nitrogens is 1. The quantitative estimate of drug-likeness (QED) is 0.699. The smallest absolute Gasteiger partial charge is 0.169 e. The van der Waals surface area contributed by atoms with Crippen molar-refractivity contribution >= 4 is 28.3 Å². The highest BCUT2D eigenvalue weighted by atomic mass is 35.5. The summed E-state index contributed by atoms with van der Waals surface area (Å²) in [6, 6.07) is 10.2. The topological polar surface area (TPSA) is 32.9 Å². The van der Waals surface area contributed by atoms with Crippen LogP contribution in [0.15, 0.2) is 42.6 Å². The first-order valence-corrected chi connectivity index (χ1v) is 6.98. The summed E-state index contributed by atoms with van der Waals surface area (Å²) in [6.45, 7) is 1.95. The summed E-state index contributed by atoms with van der Waals surface area (Å²) in [5.74, 6) is -0.602. The van der Waals surface area contributed by atoms with Crippen molar-refractivity contribution in [3.05, 3.63) is 70.1 Å². The number of Topliss-reactive ketones (excluding diaryl/α,β-unsaturated/α-hetero) is 1. The number of carbonyl (C=O) groups excluding carboxylic acids is 1. The van der Waals surface area contributed by atoms with Crippen LogP contribution in [0, 0.1) is 12.7 Å². The SMILES string of the molecule is Cc1cccc2[nH]cc(C(=O)Cc3c(F)cccc3Cl)c12. The highest BCUT2D eigenvalue weighted by Gasteiger charge is 2.17. The van der Waals surface area contributed by atoms with Crippen molar-refractivity contribution in [1.82, 2.24) is 4.98 Å². The van der Waals surface area contributed by atoms with E-state index in [2.05, 4.69) is 4.98 Å². The number of H-pyrrole nitrogens is 1. The predicted octanol–water partition coefficient (Wildman–Crippen LogP) is 4.69. The molecular formula is C17H13ClFNO. The van der Waals surface area contributed by atoms with Gasteiger partial charge in [0.2, 0.25) is 0 Å². The number of rotatable bonds is 3. The Morgan fingerprint density at radius 1 is 1.24 bits per heavy atom. The maximum atomic E-state index is 13.8. The average Bonchev–Trinajstić information content (AvgIpc) is 2.88. The normalized spacial score (nSPS) is 11.0. The van der Waals surface area contributed by atoms with E-state index >= 15 is 0 Å². The van der Waals surface area contributed by atoms with Crippen molar-refractivity contribution in [2.24, 2.45) is 0 Å². The van der Waals surface area contributed by atoms with Crippen molar-refractivity contribution in [3.63, 3.8) is 0 Å². The molecule has 4 heteroatoms. The van der Waals surface area contributed by atoms with E-state index < -0.39 is 5.82 Å². The van der Waals surface area contributed by atoms with Gasteiger partial charge in [0.25, 0.3) is 0 Å². The summed E-state index contributed by atoms with van der Waals surface area (Å²) in [4.78, 5) is 15.6. The molecule has 0 saturated carbocycles. The second kappa shape index (κ2) is 5.34. The third-order valence-electron chi connectivity index (χ3n) is 3.61. The lowest BCUT2D eigenvalue weighted by Crippen LogP contribution is -2.05. The lowest BCUT2D eigenvalue weighted by molar-refractivity contribution is 0.0993. The van der Waals surface area contributed by atoms with Crippen LogP contribution >= 0.6 is 11.6 Å². The lowest BCUT2D eigenvalue weighted by Gasteiger charge is -2.05. The molecule has 0 spiro atoms. The zero-order valence-electron chi connectivity index (χ0n) is 11.4. The number of hydrogen-bond donors (Lipinski definition) is 1. The number of aryl methyl sites for hydroxylation is 1. The average molecular weight is 302 g/mol. The fourth-order valence-electron chi connectivity index (χ4n) is 2.54. The number of aromatic amines is 1. The Bertz CT molecular complexity index is 818. The molecule has 0 saturated heterocycles. The third kappa shape index (κ3) is 2.45. The van der Waals surface area contributed by atoms with Gasteiger partial charge in [0.15, 0.2) is 5.78 Å². The summed E-state index contributed by atoms with van der Waals surface area (Å²) in [6.07, 6.45) is 1.63. The van der Waals surface area contributed by atoms with Gasteiger partial charge < -0.3 is 4.98 Å². The summed E-state index contributed by atoms with van der Waals surface area (Å²) in [5.41, 5.74) is 2.73. The maximum absolute atomic E-state index is 13.8. The second-order valence-electron chi connectivity index (χ2n) is 5.00. The van der Waals surface area contributed by atoms with Crippen LogP contribution in [0.5, 0.6) is 0 Å². The van der Waals surface area contributed by atoms with Gasteiger partial charge in [-0.3, -0.25) is 4.79 Å². The summed E-state index contributed by atoms with van der Waals surface area (Å²) >= 11 is 5.98. The van der Waals surface area contributed by atoms with Gasteiger partial charge >= 0.3 is 0 Å². The summed E-state index contributed by atoms with van der Waals surface area (Å²) in [7, 11) is 0. The minimum absolute atomic E-state index is 0.0488. The molecule has 1 aromatic heterocycles. The molecule has 21 heavy (non-hydrogen) atoms. The van der Waals surface area contributed by atoms with E-state index in [1.165, 1.54) is 12.1 Å². The fourth-order valence-corrected chi connectivity index (χ4v) is 2.77. The number of fused-ring (bicyclic) bond motifs is 1. The van der Waals surface area contributed by atoms with Crippen molar-refractivity contribution in [2.45, 2.75) is 13.3 Å². The minimum Gasteiger partial charge on any atom is -0.360 e. The highest BCUT2D eigenvalue weighted by molar-refractivity contribution is 6.31. The van der Waals surface area contributed by atoms with Gasteiger partial charge in [0.1, 0.15) is 5.82 Å². The van der Waals surface area contributed by atoms with Gasteiger partial charge in [-0.2, -0.15) is 0 Å². The molecule has 0 amide bonds. The zero-order valence-corrected chi connectivity index (χ0v) is 12.2. The Balaban J connectivity index is 2.02. The molecule has 0 unspecified atom stereocenters. The Labute approximate surface area is 126 Å². The molecule has 0 atom stereocenters. The molecule has 1 N–H and O–H groups in total. The van der Waals surface area contributed by atoms with Crippen LogP contribution in [0.4, 0.5) is 4.39 Å². The number of benzene rings is 2. The first-order chi connectivity index (χ1) is 10.1. The van der Waals surface area contributed by atoms with Crippen molar-refractivity contribution in [3.8, 4) is 0 Å². The first kappa shape index (κ1) is 13.8. The van der Waals surface area contributed by atoms with Crippen LogP contribution < -0.4 is 0 Å². The number of nitrogens with one attached hydrogen (secondary N) is 1. The molecule has 0 aliphatic heterocycles. The molecule has 0 aliphatic carbocycles. The van der Waals surface area contributed by atoms with Gasteiger partial charge in [-0.15, -0.1) is 0 Å². The van der Waals surface area contributed by atoms with E-state index in [0.717, 1.165) is 16.5 Å². The second-order valence-corrected chi connectivity index (χ2v) is 5.41. The molecule has 2 aromatic carbocycles. The molecule has 0 aliphatic rings. The van der Waals surface area contributed by atoms with Gasteiger partial charge in [-0.1, -0.05) is 29.8 Å². The molecule has 2 nitrogen and oxygen atoms in total. The van der Waals surface area contributed by atoms with Crippen LogP contribution in [0.25, 0.3) is 10.9 Å². The van der Waals surface area contributed by atoms with E-state index in [-0.39, 0.29) is 22.8 Å². The Morgan fingerprint density at radius 3 is 2.76 bits per heavy atom. The minimum atomic E-state index is -0.451. The summed E-state index contributed by atoms with van der Waals surface area (Å²) < 4.78 is 13.8. The molecule has 106 valence electrons. The molecule has 3 rings (SSSR count).